The van der Waals surface area contributed by atoms with Crippen molar-refractivity contribution < 1.29 is 4.74 Å². The lowest BCUT2D eigenvalue weighted by molar-refractivity contribution is 0.281. The molecule has 2 aliphatic rings. The fraction of sp³-hybridized carbons (Fsp3) is 0.588. The van der Waals surface area contributed by atoms with Crippen LogP contribution in [0.5, 0.6) is 5.75 Å². The average molecular weight is 412 g/mol. The molecule has 0 radical (unpaired) electrons. The number of fused-ring (bicyclic) bond motifs is 1. The van der Waals surface area contributed by atoms with Crippen molar-refractivity contribution in [1.29, 1.82) is 0 Å². The number of benzene rings is 1. The average Bonchev–Trinajstić information content (AvgIpc) is 3.30. The van der Waals surface area contributed by atoms with Crippen LogP contribution in [0.15, 0.2) is 23.2 Å². The van der Waals surface area contributed by atoms with E-state index in [2.05, 4.69) is 34.7 Å². The molecule has 25 heavy (non-hydrogen) atoms. The van der Waals surface area contributed by atoms with Crippen molar-refractivity contribution in [2.75, 3.05) is 0 Å². The van der Waals surface area contributed by atoms with Gasteiger partial charge in [-0.1, -0.05) is 19.4 Å². The van der Waals surface area contributed by atoms with Gasteiger partial charge in [0.25, 0.3) is 0 Å². The van der Waals surface area contributed by atoms with Gasteiger partial charge in [-0.05, 0) is 43.9 Å². The van der Waals surface area contributed by atoms with Crippen LogP contribution in [-0.2, 0) is 6.54 Å². The number of hydrogen-bond donors (Lipinski definition) is 3. The van der Waals surface area contributed by atoms with E-state index in [9.17, 15) is 0 Å². The first-order chi connectivity index (χ1) is 10.7. The van der Waals surface area contributed by atoms with Crippen LogP contribution in [0.1, 0.15) is 45.1 Å². The number of amidine groups is 1. The van der Waals surface area contributed by atoms with Gasteiger partial charge in [0.1, 0.15) is 17.3 Å². The first-order valence-corrected chi connectivity index (χ1v) is 8.28. The summed E-state index contributed by atoms with van der Waals surface area (Å²) in [6.45, 7) is 4.96. The molecular weight excluding hydrogens is 383 g/mol. The molecule has 2 atom stereocenters. The highest BCUT2D eigenvalue weighted by Crippen LogP contribution is 2.32. The Morgan fingerprint density at radius 3 is 2.64 bits per heavy atom. The maximum atomic E-state index is 5.87. The first-order valence-electron chi connectivity index (χ1n) is 8.28. The zero-order valence-electron chi connectivity index (χ0n) is 14.7. The Balaban J connectivity index is 0.00000192. The van der Waals surface area contributed by atoms with E-state index in [1.54, 1.807) is 0 Å². The number of hydrogen-bond acceptors (Lipinski definition) is 5. The minimum Gasteiger partial charge on any atom is -0.481 e. The summed E-state index contributed by atoms with van der Waals surface area (Å²) >= 11 is 0. The molecule has 144 valence electrons. The molecule has 1 aliphatic carbocycles. The maximum Gasteiger partial charge on any atom is 0.153 e. The zero-order valence-corrected chi connectivity index (χ0v) is 17.1. The molecule has 1 aromatic carbocycles. The Labute approximate surface area is 168 Å². The highest BCUT2D eigenvalue weighted by molar-refractivity contribution is 5.89. The molecule has 1 saturated carbocycles. The van der Waals surface area contributed by atoms with Crippen LogP contribution < -0.4 is 21.1 Å². The van der Waals surface area contributed by atoms with Crippen molar-refractivity contribution in [3.63, 3.8) is 0 Å². The molecule has 2 unspecified atom stereocenters. The Morgan fingerprint density at radius 1 is 1.28 bits per heavy atom. The topological polar surface area (TPSA) is 71.7 Å². The highest BCUT2D eigenvalue weighted by Gasteiger charge is 2.24. The minimum absolute atomic E-state index is 0. The lowest BCUT2D eigenvalue weighted by atomic mass is 10.1. The van der Waals surface area contributed by atoms with Gasteiger partial charge in [-0.25, -0.2) is 4.99 Å². The van der Waals surface area contributed by atoms with Crippen LogP contribution in [0.2, 0.25) is 0 Å². The van der Waals surface area contributed by atoms with Crippen LogP contribution >= 0.6 is 37.2 Å². The summed E-state index contributed by atoms with van der Waals surface area (Å²) in [5.41, 5.74) is 7.90. The van der Waals surface area contributed by atoms with Gasteiger partial charge in [-0.2, -0.15) is 0 Å². The molecule has 0 saturated heterocycles. The molecule has 4 N–H and O–H groups in total. The lowest BCUT2D eigenvalue weighted by Gasteiger charge is -2.22. The van der Waals surface area contributed by atoms with Crippen LogP contribution in [-0.4, -0.2) is 24.1 Å². The van der Waals surface area contributed by atoms with E-state index < -0.39 is 0 Å². The predicted molar refractivity (Wildman–Crippen MR) is 111 cm³/mol. The SMILES string of the molecule is CCCC(NCc1ccc2c(c1)N=C(N)C(C)O2)NC1CC1.Cl.Cl.Cl. The minimum atomic E-state index is -0.145. The predicted octanol–water partition coefficient (Wildman–Crippen LogP) is 3.69. The van der Waals surface area contributed by atoms with Crippen molar-refractivity contribution in [1.82, 2.24) is 10.6 Å². The third kappa shape index (κ3) is 6.83. The molecule has 0 aromatic heterocycles. The van der Waals surface area contributed by atoms with Crippen LogP contribution in [0, 0.1) is 0 Å². The Kier molecular flexibility index (Phi) is 10.8. The van der Waals surface area contributed by atoms with Crippen molar-refractivity contribution in [3.8, 4) is 5.75 Å². The quantitative estimate of drug-likeness (QED) is 0.598. The van der Waals surface area contributed by atoms with Gasteiger partial charge in [-0.15, -0.1) is 37.2 Å². The number of aliphatic imine (C=N–C) groups is 1. The van der Waals surface area contributed by atoms with E-state index >= 15 is 0 Å². The number of nitrogens with zero attached hydrogens (tertiary/aromatic N) is 1. The number of nitrogens with two attached hydrogens (primary N) is 1. The second-order valence-corrected chi connectivity index (χ2v) is 6.26. The van der Waals surface area contributed by atoms with Crippen molar-refractivity contribution in [2.24, 2.45) is 10.7 Å². The largest absolute Gasteiger partial charge is 0.481 e. The summed E-state index contributed by atoms with van der Waals surface area (Å²) in [4.78, 5) is 4.44. The molecule has 5 nitrogen and oxygen atoms in total. The van der Waals surface area contributed by atoms with E-state index in [0.29, 0.717) is 18.0 Å². The molecule has 3 rings (SSSR count). The van der Waals surface area contributed by atoms with E-state index in [1.807, 2.05) is 13.0 Å². The third-order valence-corrected chi connectivity index (χ3v) is 4.14. The molecule has 1 aromatic rings. The number of ether oxygens (including phenoxy) is 1. The fourth-order valence-electron chi connectivity index (χ4n) is 2.65. The van der Waals surface area contributed by atoms with Crippen molar-refractivity contribution in [3.05, 3.63) is 23.8 Å². The second kappa shape index (κ2) is 11.1. The smallest absolute Gasteiger partial charge is 0.153 e. The summed E-state index contributed by atoms with van der Waals surface area (Å²) in [6.07, 6.45) is 5.18. The standard InChI is InChI=1S/C17H26N4O.3ClH/c1-3-4-16(20-13-6-7-13)19-10-12-5-8-15-14(9-12)21-17(18)11(2)22-15;;;/h5,8-9,11,13,16,19-20H,3-4,6-7,10H2,1-2H3,(H2,18,21);3*1H. The van der Waals surface area contributed by atoms with Crippen molar-refractivity contribution >= 4 is 48.7 Å². The Hall–Kier alpha value is -0.720. The third-order valence-electron chi connectivity index (χ3n) is 4.14. The fourth-order valence-corrected chi connectivity index (χ4v) is 2.65. The molecule has 1 heterocycles. The first kappa shape index (κ1) is 24.3. The van der Waals surface area contributed by atoms with Crippen LogP contribution in [0.3, 0.4) is 0 Å². The lowest BCUT2D eigenvalue weighted by Crippen LogP contribution is -2.42. The van der Waals surface area contributed by atoms with Crippen LogP contribution in [0.4, 0.5) is 5.69 Å². The normalized spacial score (nSPS) is 19.1. The van der Waals surface area contributed by atoms with E-state index in [-0.39, 0.29) is 43.3 Å². The van der Waals surface area contributed by atoms with Crippen molar-refractivity contribution in [2.45, 2.75) is 64.4 Å². The number of halogens is 3. The van der Waals surface area contributed by atoms with E-state index in [4.69, 9.17) is 10.5 Å². The molecule has 0 spiro atoms. The van der Waals surface area contributed by atoms with E-state index in [0.717, 1.165) is 24.4 Å². The zero-order chi connectivity index (χ0) is 15.5. The molecule has 0 bridgehead atoms. The van der Waals surface area contributed by atoms with Gasteiger partial charge in [0, 0.05) is 12.6 Å². The molecule has 1 aliphatic heterocycles. The van der Waals surface area contributed by atoms with Gasteiger partial charge in [0.05, 0.1) is 6.17 Å². The maximum absolute atomic E-state index is 5.87. The molecule has 1 fully saturated rings. The summed E-state index contributed by atoms with van der Waals surface area (Å²) in [5.74, 6) is 1.35. The Morgan fingerprint density at radius 2 is 2.00 bits per heavy atom. The van der Waals surface area contributed by atoms with Gasteiger partial charge in [0.15, 0.2) is 6.10 Å². The Bertz CT molecular complexity index is 567. The van der Waals surface area contributed by atoms with Gasteiger partial charge in [0.2, 0.25) is 0 Å². The number of rotatable bonds is 7. The van der Waals surface area contributed by atoms with Crippen LogP contribution in [0.25, 0.3) is 0 Å². The van der Waals surface area contributed by atoms with Gasteiger partial charge >= 0.3 is 0 Å². The highest BCUT2D eigenvalue weighted by atomic mass is 35.5. The summed E-state index contributed by atoms with van der Waals surface area (Å²) < 4.78 is 5.74. The molecule has 0 amide bonds. The number of nitrogens with one attached hydrogen (secondary N) is 2. The summed E-state index contributed by atoms with van der Waals surface area (Å²) in [6, 6.07) is 6.85. The van der Waals surface area contributed by atoms with E-state index in [1.165, 1.54) is 24.8 Å². The summed E-state index contributed by atoms with van der Waals surface area (Å²) in [5, 5.41) is 7.26. The molecular formula is C17H29Cl3N4O. The summed E-state index contributed by atoms with van der Waals surface area (Å²) in [7, 11) is 0. The molecule has 8 heteroatoms. The monoisotopic (exact) mass is 410 g/mol. The van der Waals surface area contributed by atoms with Gasteiger partial charge in [-0.3, -0.25) is 10.6 Å². The second-order valence-electron chi connectivity index (χ2n) is 6.26. The van der Waals surface area contributed by atoms with Gasteiger partial charge < -0.3 is 10.5 Å².